The second-order valence-electron chi connectivity index (χ2n) is 14.8. The number of rotatable bonds is 7. The van der Waals surface area contributed by atoms with Gasteiger partial charge in [0.2, 0.25) is 0 Å². The maximum Gasteiger partial charge on any atom is 0.179 e. The van der Waals surface area contributed by atoms with Gasteiger partial charge < -0.3 is 0 Å². The van der Waals surface area contributed by atoms with E-state index in [9.17, 15) is 0 Å². The van der Waals surface area contributed by atoms with Crippen molar-refractivity contribution < 1.29 is 0 Å². The molecule has 1 unspecified atom stereocenters. The van der Waals surface area contributed by atoms with Crippen LogP contribution in [0, 0.1) is 19.8 Å². The lowest BCUT2D eigenvalue weighted by molar-refractivity contribution is 0.569. The van der Waals surface area contributed by atoms with Crippen LogP contribution in [0.1, 0.15) is 109 Å². The smallest absolute Gasteiger partial charge is 0.0801 e. The number of aryl methyl sites for hydroxylation is 4. The van der Waals surface area contributed by atoms with Gasteiger partial charge in [0.25, 0.3) is 0 Å². The molecule has 1 aliphatic carbocycles. The van der Waals surface area contributed by atoms with E-state index in [2.05, 4.69) is 150 Å². The van der Waals surface area contributed by atoms with Crippen molar-refractivity contribution in [3.63, 3.8) is 0 Å². The van der Waals surface area contributed by atoms with Gasteiger partial charge in [-0.05, 0) is 98.4 Å². The molecule has 0 saturated carbocycles. The van der Waals surface area contributed by atoms with E-state index in [1.54, 1.807) is 16.0 Å². The molecule has 1 aliphatic rings. The first kappa shape index (κ1) is 31.3. The van der Waals surface area contributed by atoms with Gasteiger partial charge in [-0.15, -0.1) is 0 Å². The fourth-order valence-electron chi connectivity index (χ4n) is 6.70. The summed E-state index contributed by atoms with van der Waals surface area (Å²) in [5.41, 5.74) is 10.2. The summed E-state index contributed by atoms with van der Waals surface area (Å²) in [5.74, 6) is 0.481. The summed E-state index contributed by atoms with van der Waals surface area (Å²) >= 11 is 0. The highest BCUT2D eigenvalue weighted by Crippen LogP contribution is 2.36. The van der Waals surface area contributed by atoms with Gasteiger partial charge in [0, 0.05) is 0 Å². The highest BCUT2D eigenvalue weighted by molar-refractivity contribution is 7.16. The summed E-state index contributed by atoms with van der Waals surface area (Å²) in [5, 5.41) is 6.22. The SMILES string of the molecule is CCc1cc(CC)cc([Si](C2=CCC=C2C(C)C)(c2cc(C)cc(C)c2)c2cc(C(C)(C)C)cc(C(C)(C)C)c2)c1. The third kappa shape index (κ3) is 6.12. The van der Waals surface area contributed by atoms with Crippen molar-refractivity contribution in [3.8, 4) is 0 Å². The topological polar surface area (TPSA) is 0 Å². The molecule has 0 fully saturated rings. The monoisotopic (exact) mass is 562 g/mol. The molecule has 0 amide bonds. The molecule has 0 aromatic heterocycles. The zero-order chi connectivity index (χ0) is 30.3. The Morgan fingerprint density at radius 1 is 0.610 bits per heavy atom. The van der Waals surface area contributed by atoms with Crippen molar-refractivity contribution in [2.75, 3.05) is 0 Å². The summed E-state index contributed by atoms with van der Waals surface area (Å²) in [6, 6.07) is 22.7. The summed E-state index contributed by atoms with van der Waals surface area (Å²) in [4.78, 5) is 0. The van der Waals surface area contributed by atoms with Crippen LogP contribution >= 0.6 is 0 Å². The second kappa shape index (κ2) is 11.6. The lowest BCUT2D eigenvalue weighted by Gasteiger charge is -2.40. The Hall–Kier alpha value is -2.64. The molecule has 4 rings (SSSR count). The van der Waals surface area contributed by atoms with Gasteiger partial charge in [0.05, 0.1) is 0 Å². The second-order valence-corrected chi connectivity index (χ2v) is 18.6. The lowest BCUT2D eigenvalue weighted by Crippen LogP contribution is -2.69. The maximum atomic E-state index is 2.61. The highest BCUT2D eigenvalue weighted by atomic mass is 28.3. The minimum Gasteiger partial charge on any atom is -0.0801 e. The largest absolute Gasteiger partial charge is 0.179 e. The number of allylic oxidation sites excluding steroid dienone is 4. The number of benzene rings is 3. The lowest BCUT2D eigenvalue weighted by atomic mass is 9.81. The average Bonchev–Trinajstić information content (AvgIpc) is 3.38. The van der Waals surface area contributed by atoms with Crippen LogP contribution in [0.15, 0.2) is 77.5 Å². The molecule has 0 heterocycles. The van der Waals surface area contributed by atoms with Crippen LogP contribution in [-0.4, -0.2) is 8.07 Å². The quantitative estimate of drug-likeness (QED) is 0.199. The van der Waals surface area contributed by atoms with Crippen molar-refractivity contribution in [3.05, 3.63) is 111 Å². The molecular formula is C40H54Si. The number of hydrogen-bond acceptors (Lipinski definition) is 0. The van der Waals surface area contributed by atoms with Gasteiger partial charge in [0.15, 0.2) is 8.07 Å². The number of hydrogen-bond donors (Lipinski definition) is 0. The average molecular weight is 563 g/mol. The molecule has 0 nitrogen and oxygen atoms in total. The molecule has 3 aromatic rings. The minimum absolute atomic E-state index is 0.0549. The van der Waals surface area contributed by atoms with E-state index in [0.717, 1.165) is 19.3 Å². The van der Waals surface area contributed by atoms with E-state index in [0.29, 0.717) is 5.92 Å². The molecule has 0 radical (unpaired) electrons. The molecule has 0 saturated heterocycles. The van der Waals surface area contributed by atoms with Crippen molar-refractivity contribution in [1.82, 2.24) is 0 Å². The summed E-state index contributed by atoms with van der Waals surface area (Å²) in [6.45, 7) is 28.2. The molecule has 0 spiro atoms. The molecule has 0 N–H and O–H groups in total. The first-order chi connectivity index (χ1) is 19.1. The van der Waals surface area contributed by atoms with Gasteiger partial charge in [0.1, 0.15) is 0 Å². The summed E-state index contributed by atoms with van der Waals surface area (Å²) < 4.78 is 0. The molecule has 1 heteroatoms. The Morgan fingerprint density at radius 3 is 1.51 bits per heavy atom. The Balaban J connectivity index is 2.31. The van der Waals surface area contributed by atoms with E-state index in [1.165, 1.54) is 43.8 Å². The van der Waals surface area contributed by atoms with Crippen LogP contribution in [0.5, 0.6) is 0 Å². The molecule has 3 aromatic carbocycles. The van der Waals surface area contributed by atoms with Crippen molar-refractivity contribution in [2.45, 2.75) is 113 Å². The Morgan fingerprint density at radius 2 is 1.07 bits per heavy atom. The maximum absolute atomic E-state index is 2.70. The van der Waals surface area contributed by atoms with E-state index < -0.39 is 8.07 Å². The fourth-order valence-corrected chi connectivity index (χ4v) is 12.3. The Labute approximate surface area is 253 Å². The van der Waals surface area contributed by atoms with Crippen LogP contribution < -0.4 is 15.6 Å². The summed E-state index contributed by atoms with van der Waals surface area (Å²) in [6.07, 6.45) is 8.26. The van der Waals surface area contributed by atoms with Crippen LogP contribution in [-0.2, 0) is 23.7 Å². The van der Waals surface area contributed by atoms with Crippen LogP contribution in [0.2, 0.25) is 0 Å². The van der Waals surface area contributed by atoms with E-state index in [4.69, 9.17) is 0 Å². The summed E-state index contributed by atoms with van der Waals surface area (Å²) in [7, 11) is -2.70. The Bertz CT molecular complexity index is 1410. The molecule has 0 aliphatic heterocycles. The van der Waals surface area contributed by atoms with Gasteiger partial charge >= 0.3 is 0 Å². The van der Waals surface area contributed by atoms with Gasteiger partial charge in [-0.1, -0.05) is 147 Å². The molecule has 41 heavy (non-hydrogen) atoms. The fraction of sp³-hybridized carbons (Fsp3) is 0.450. The van der Waals surface area contributed by atoms with Crippen LogP contribution in [0.4, 0.5) is 0 Å². The van der Waals surface area contributed by atoms with Crippen LogP contribution in [0.25, 0.3) is 0 Å². The standard InChI is InChI=1S/C40H54Si/c1-13-30-21-31(14-2)23-35(22-30)41(34-19-28(5)18-29(6)20-34,38-17-15-16-37(38)27(3)4)36-25-32(39(7,8)9)24-33(26-36)40(10,11)12/h16-27H,13-15H2,1-12H3. The minimum atomic E-state index is -2.70. The molecule has 0 bridgehead atoms. The third-order valence-electron chi connectivity index (χ3n) is 9.05. The molecule has 218 valence electrons. The highest BCUT2D eigenvalue weighted by Gasteiger charge is 2.46. The normalized spacial score (nSPS) is 15.6. The van der Waals surface area contributed by atoms with Gasteiger partial charge in [-0.25, -0.2) is 0 Å². The van der Waals surface area contributed by atoms with Gasteiger partial charge in [-0.2, -0.15) is 0 Å². The van der Waals surface area contributed by atoms with E-state index in [1.807, 2.05) is 0 Å². The zero-order valence-electron chi connectivity index (χ0n) is 28.0. The van der Waals surface area contributed by atoms with Crippen molar-refractivity contribution in [1.29, 1.82) is 0 Å². The zero-order valence-corrected chi connectivity index (χ0v) is 29.0. The Kier molecular flexibility index (Phi) is 8.82. The predicted octanol–water partition coefficient (Wildman–Crippen LogP) is 8.95. The molecular weight excluding hydrogens is 509 g/mol. The first-order valence-electron chi connectivity index (χ1n) is 15.9. The van der Waals surface area contributed by atoms with Crippen molar-refractivity contribution >= 4 is 23.6 Å². The van der Waals surface area contributed by atoms with E-state index in [-0.39, 0.29) is 10.8 Å². The molecule has 1 atom stereocenters. The van der Waals surface area contributed by atoms with Crippen molar-refractivity contribution in [2.24, 2.45) is 5.92 Å². The first-order valence-corrected chi connectivity index (χ1v) is 17.9. The van der Waals surface area contributed by atoms with Gasteiger partial charge in [-0.3, -0.25) is 0 Å². The predicted molar refractivity (Wildman–Crippen MR) is 185 cm³/mol. The van der Waals surface area contributed by atoms with Crippen LogP contribution in [0.3, 0.4) is 0 Å². The third-order valence-corrected chi connectivity index (χ3v) is 13.8. The van der Waals surface area contributed by atoms with E-state index >= 15 is 0 Å².